The number of benzene rings is 2. The van der Waals surface area contributed by atoms with Gasteiger partial charge in [-0.3, -0.25) is 9.59 Å². The van der Waals surface area contributed by atoms with Crippen LogP contribution in [0.1, 0.15) is 19.4 Å². The van der Waals surface area contributed by atoms with Crippen molar-refractivity contribution in [1.29, 1.82) is 0 Å². The average molecular weight is 322 g/mol. The molecule has 2 amide bonds. The van der Waals surface area contributed by atoms with E-state index < -0.39 is 6.04 Å². The summed E-state index contributed by atoms with van der Waals surface area (Å²) >= 11 is 0. The monoisotopic (exact) mass is 322 g/mol. The summed E-state index contributed by atoms with van der Waals surface area (Å²) in [7, 11) is 0. The van der Waals surface area contributed by atoms with Gasteiger partial charge in [0.2, 0.25) is 11.8 Å². The largest absolute Gasteiger partial charge is 0.344 e. The molecular weight excluding hydrogens is 300 g/mol. The van der Waals surface area contributed by atoms with Crippen LogP contribution in [0.25, 0.3) is 10.8 Å². The van der Waals surface area contributed by atoms with Gasteiger partial charge in [0.1, 0.15) is 6.04 Å². The third kappa shape index (κ3) is 4.60. The smallest absolute Gasteiger partial charge is 0.243 e. The Hall–Kier alpha value is -2.80. The predicted molar refractivity (Wildman–Crippen MR) is 96.3 cm³/mol. The van der Waals surface area contributed by atoms with Crippen LogP contribution in [0.2, 0.25) is 0 Å². The molecule has 0 radical (unpaired) electrons. The molecule has 4 heteroatoms. The molecule has 0 spiro atoms. The van der Waals surface area contributed by atoms with Crippen LogP contribution in [0.15, 0.2) is 42.5 Å². The Labute approximate surface area is 142 Å². The van der Waals surface area contributed by atoms with Crippen LogP contribution in [-0.4, -0.2) is 24.4 Å². The maximum Gasteiger partial charge on any atom is 0.243 e. The molecule has 4 nitrogen and oxygen atoms in total. The van der Waals surface area contributed by atoms with Gasteiger partial charge in [-0.25, -0.2) is 0 Å². The number of nitrogens with one attached hydrogen (secondary N) is 2. The molecule has 2 aromatic rings. The Bertz CT molecular complexity index is 775. The van der Waals surface area contributed by atoms with Gasteiger partial charge in [-0.1, -0.05) is 62.2 Å². The van der Waals surface area contributed by atoms with Gasteiger partial charge in [-0.2, -0.15) is 0 Å². The van der Waals surface area contributed by atoms with Crippen LogP contribution in [0.3, 0.4) is 0 Å². The van der Waals surface area contributed by atoms with Crippen LogP contribution < -0.4 is 10.6 Å². The number of amides is 2. The van der Waals surface area contributed by atoms with E-state index in [4.69, 9.17) is 6.42 Å². The number of hydrogen-bond donors (Lipinski definition) is 2. The molecule has 0 aliphatic rings. The number of terminal acetylenes is 1. The number of fused-ring (bicyclic) bond motifs is 1. The standard InChI is InChI=1S/C20H22N2O2/c1-4-11-21-20(24)19(14(2)3)22-18(23)13-15-9-10-16-7-5-6-8-17(16)12-15/h1,5-10,12,14,19H,11,13H2,2-3H3,(H,21,24)(H,22,23). The fraction of sp³-hybridized carbons (Fsp3) is 0.300. The molecule has 0 aromatic heterocycles. The Morgan fingerprint density at radius 1 is 1.12 bits per heavy atom. The summed E-state index contributed by atoms with van der Waals surface area (Å²) in [6.07, 6.45) is 5.38. The first-order chi connectivity index (χ1) is 11.5. The number of carbonyl (C=O) groups is 2. The molecule has 0 saturated heterocycles. The van der Waals surface area contributed by atoms with Gasteiger partial charge in [0.05, 0.1) is 13.0 Å². The van der Waals surface area contributed by atoms with E-state index in [1.807, 2.05) is 56.3 Å². The molecule has 0 bridgehead atoms. The van der Waals surface area contributed by atoms with Gasteiger partial charge in [0.25, 0.3) is 0 Å². The van der Waals surface area contributed by atoms with Crippen LogP contribution in [0.4, 0.5) is 0 Å². The highest BCUT2D eigenvalue weighted by Crippen LogP contribution is 2.16. The highest BCUT2D eigenvalue weighted by Gasteiger charge is 2.23. The van der Waals surface area contributed by atoms with Crippen LogP contribution in [0.5, 0.6) is 0 Å². The van der Waals surface area contributed by atoms with Gasteiger partial charge in [0.15, 0.2) is 0 Å². The average Bonchev–Trinajstić information content (AvgIpc) is 2.57. The van der Waals surface area contributed by atoms with Crippen molar-refractivity contribution in [2.75, 3.05) is 6.54 Å². The molecule has 2 rings (SSSR count). The normalized spacial score (nSPS) is 11.8. The van der Waals surface area contributed by atoms with Crippen molar-refractivity contribution in [2.24, 2.45) is 5.92 Å². The topological polar surface area (TPSA) is 58.2 Å². The predicted octanol–water partition coefficient (Wildman–Crippen LogP) is 2.27. The van der Waals surface area contributed by atoms with Crippen molar-refractivity contribution in [1.82, 2.24) is 10.6 Å². The van der Waals surface area contributed by atoms with E-state index >= 15 is 0 Å². The van der Waals surface area contributed by atoms with Gasteiger partial charge in [0, 0.05) is 0 Å². The maximum atomic E-state index is 12.3. The molecule has 0 heterocycles. The zero-order valence-electron chi connectivity index (χ0n) is 14.0. The first-order valence-corrected chi connectivity index (χ1v) is 7.99. The lowest BCUT2D eigenvalue weighted by atomic mass is 10.0. The minimum absolute atomic E-state index is 0.0247. The first kappa shape index (κ1) is 17.6. The Balaban J connectivity index is 2.04. The second kappa shape index (κ2) is 8.16. The molecule has 0 aliphatic carbocycles. The molecule has 124 valence electrons. The molecule has 0 fully saturated rings. The summed E-state index contributed by atoms with van der Waals surface area (Å²) in [5.74, 6) is 1.90. The lowest BCUT2D eigenvalue weighted by Crippen LogP contribution is -2.50. The van der Waals surface area contributed by atoms with Crippen molar-refractivity contribution in [3.8, 4) is 12.3 Å². The molecule has 1 atom stereocenters. The van der Waals surface area contributed by atoms with Crippen molar-refractivity contribution < 1.29 is 9.59 Å². The molecule has 2 aromatic carbocycles. The van der Waals surface area contributed by atoms with Gasteiger partial charge >= 0.3 is 0 Å². The highest BCUT2D eigenvalue weighted by molar-refractivity contribution is 5.89. The van der Waals surface area contributed by atoms with E-state index in [9.17, 15) is 9.59 Å². The minimum Gasteiger partial charge on any atom is -0.344 e. The van der Waals surface area contributed by atoms with Crippen molar-refractivity contribution in [3.05, 3.63) is 48.0 Å². The highest BCUT2D eigenvalue weighted by atomic mass is 16.2. The fourth-order valence-corrected chi connectivity index (χ4v) is 2.54. The molecule has 24 heavy (non-hydrogen) atoms. The quantitative estimate of drug-likeness (QED) is 0.802. The van der Waals surface area contributed by atoms with Crippen LogP contribution >= 0.6 is 0 Å². The molecule has 0 saturated carbocycles. The Morgan fingerprint density at radius 3 is 2.50 bits per heavy atom. The van der Waals surface area contributed by atoms with Crippen molar-refractivity contribution in [2.45, 2.75) is 26.3 Å². The summed E-state index contributed by atoms with van der Waals surface area (Å²) in [4.78, 5) is 24.4. The third-order valence-electron chi connectivity index (χ3n) is 3.81. The van der Waals surface area contributed by atoms with Gasteiger partial charge in [-0.05, 0) is 22.3 Å². The van der Waals surface area contributed by atoms with E-state index in [1.54, 1.807) is 0 Å². The summed E-state index contributed by atoms with van der Waals surface area (Å²) in [6, 6.07) is 13.3. The lowest BCUT2D eigenvalue weighted by molar-refractivity contribution is -0.129. The number of rotatable bonds is 6. The SMILES string of the molecule is C#CCNC(=O)C(NC(=O)Cc1ccc2ccccc2c1)C(C)C. The number of carbonyl (C=O) groups excluding carboxylic acids is 2. The summed E-state index contributed by atoms with van der Waals surface area (Å²) in [6.45, 7) is 3.93. The summed E-state index contributed by atoms with van der Waals surface area (Å²) in [5.41, 5.74) is 0.915. The van der Waals surface area contributed by atoms with Crippen LogP contribution in [0, 0.1) is 18.3 Å². The maximum absolute atomic E-state index is 12.3. The van der Waals surface area contributed by atoms with E-state index in [0.717, 1.165) is 16.3 Å². The van der Waals surface area contributed by atoms with Crippen LogP contribution in [-0.2, 0) is 16.0 Å². The van der Waals surface area contributed by atoms with Gasteiger partial charge in [-0.15, -0.1) is 6.42 Å². The Morgan fingerprint density at radius 2 is 1.83 bits per heavy atom. The molecule has 1 unspecified atom stereocenters. The van der Waals surface area contributed by atoms with Crippen molar-refractivity contribution in [3.63, 3.8) is 0 Å². The summed E-state index contributed by atoms with van der Waals surface area (Å²) < 4.78 is 0. The zero-order valence-corrected chi connectivity index (χ0v) is 14.0. The van der Waals surface area contributed by atoms with Crippen molar-refractivity contribution >= 4 is 22.6 Å². The summed E-state index contributed by atoms with van der Waals surface area (Å²) in [5, 5.41) is 7.65. The molecule has 2 N–H and O–H groups in total. The van der Waals surface area contributed by atoms with E-state index in [-0.39, 0.29) is 30.7 Å². The fourth-order valence-electron chi connectivity index (χ4n) is 2.54. The number of hydrogen-bond acceptors (Lipinski definition) is 2. The Kier molecular flexibility index (Phi) is 5.97. The second-order valence-corrected chi connectivity index (χ2v) is 6.07. The second-order valence-electron chi connectivity index (χ2n) is 6.07. The van der Waals surface area contributed by atoms with E-state index in [2.05, 4.69) is 16.6 Å². The lowest BCUT2D eigenvalue weighted by Gasteiger charge is -2.21. The van der Waals surface area contributed by atoms with E-state index in [0.29, 0.717) is 0 Å². The van der Waals surface area contributed by atoms with Gasteiger partial charge < -0.3 is 10.6 Å². The molecular formula is C20H22N2O2. The minimum atomic E-state index is -0.591. The third-order valence-corrected chi connectivity index (χ3v) is 3.81. The first-order valence-electron chi connectivity index (χ1n) is 7.99. The molecule has 0 aliphatic heterocycles. The zero-order chi connectivity index (χ0) is 17.5. The van der Waals surface area contributed by atoms with E-state index in [1.165, 1.54) is 0 Å².